The molecule has 0 radical (unpaired) electrons. The van der Waals surface area contributed by atoms with Gasteiger partial charge in [-0.15, -0.1) is 12.4 Å². The van der Waals surface area contributed by atoms with Crippen molar-refractivity contribution in [3.8, 4) is 0 Å². The fourth-order valence-corrected chi connectivity index (χ4v) is 5.09. The molecule has 2 saturated heterocycles. The lowest BCUT2D eigenvalue weighted by Crippen LogP contribution is -2.47. The first-order valence-corrected chi connectivity index (χ1v) is 10.6. The van der Waals surface area contributed by atoms with Gasteiger partial charge in [-0.25, -0.2) is 0 Å². The van der Waals surface area contributed by atoms with Crippen molar-refractivity contribution in [1.82, 2.24) is 15.5 Å². The van der Waals surface area contributed by atoms with E-state index in [1.54, 1.807) is 0 Å². The predicted octanol–water partition coefficient (Wildman–Crippen LogP) is 3.13. The van der Waals surface area contributed by atoms with E-state index in [0.717, 1.165) is 69.4 Å². The van der Waals surface area contributed by atoms with E-state index in [4.69, 9.17) is 0 Å². The third-order valence-electron chi connectivity index (χ3n) is 6.79. The quantitative estimate of drug-likeness (QED) is 0.808. The molecule has 2 amide bonds. The van der Waals surface area contributed by atoms with Crippen LogP contribution in [0.2, 0.25) is 0 Å². The highest BCUT2D eigenvalue weighted by Crippen LogP contribution is 2.43. The minimum Gasteiger partial charge on any atom is -0.351 e. The van der Waals surface area contributed by atoms with Crippen molar-refractivity contribution >= 4 is 24.2 Å². The molecule has 0 bridgehead atoms. The van der Waals surface area contributed by atoms with Gasteiger partial charge < -0.3 is 15.5 Å². The van der Waals surface area contributed by atoms with Crippen LogP contribution in [0, 0.1) is 11.3 Å². The third kappa shape index (κ3) is 4.20. The lowest BCUT2D eigenvalue weighted by Gasteiger charge is -2.37. The number of hydrogen-bond donors (Lipinski definition) is 2. The lowest BCUT2D eigenvalue weighted by molar-refractivity contribution is -0.134. The third-order valence-corrected chi connectivity index (χ3v) is 6.79. The second kappa shape index (κ2) is 9.27. The highest BCUT2D eigenvalue weighted by molar-refractivity contribution is 5.94. The number of carbonyl (C=O) groups excluding carboxylic acids is 2. The van der Waals surface area contributed by atoms with Crippen molar-refractivity contribution in [2.45, 2.75) is 51.5 Å². The molecule has 1 aliphatic carbocycles. The standard InChI is InChI=1S/C22H31N3O2.ClH/c26-20(25-12-4-1-5-13-25)18-9-7-17(8-10-18)14-24-21(27)22-11-3-2-6-19(22)15-23-16-22;/h7-10,19,23H,1-6,11-16H2,(H,24,27);1H/t19-,22+;/m0./s1. The van der Waals surface area contributed by atoms with Gasteiger partial charge in [-0.1, -0.05) is 25.0 Å². The van der Waals surface area contributed by atoms with Crippen molar-refractivity contribution in [2.75, 3.05) is 26.2 Å². The van der Waals surface area contributed by atoms with Crippen LogP contribution in [-0.4, -0.2) is 42.9 Å². The molecule has 0 unspecified atom stereocenters. The Labute approximate surface area is 174 Å². The van der Waals surface area contributed by atoms with E-state index in [-0.39, 0.29) is 29.6 Å². The molecular formula is C22H32ClN3O2. The Morgan fingerprint density at radius 2 is 1.82 bits per heavy atom. The van der Waals surface area contributed by atoms with Crippen LogP contribution < -0.4 is 10.6 Å². The summed E-state index contributed by atoms with van der Waals surface area (Å²) in [5, 5.41) is 6.60. The number of nitrogens with one attached hydrogen (secondary N) is 2. The number of nitrogens with zero attached hydrogens (tertiary/aromatic N) is 1. The van der Waals surface area contributed by atoms with Crippen molar-refractivity contribution in [3.63, 3.8) is 0 Å². The fourth-order valence-electron chi connectivity index (χ4n) is 5.09. The molecule has 2 N–H and O–H groups in total. The monoisotopic (exact) mass is 405 g/mol. The predicted molar refractivity (Wildman–Crippen MR) is 113 cm³/mol. The summed E-state index contributed by atoms with van der Waals surface area (Å²) in [6, 6.07) is 7.75. The van der Waals surface area contributed by atoms with Crippen molar-refractivity contribution in [1.29, 1.82) is 0 Å². The molecule has 2 atom stereocenters. The maximum absolute atomic E-state index is 12.9. The topological polar surface area (TPSA) is 61.4 Å². The molecule has 1 saturated carbocycles. The molecule has 2 heterocycles. The Balaban J connectivity index is 0.00000225. The van der Waals surface area contributed by atoms with Crippen LogP contribution in [0.1, 0.15) is 60.9 Å². The molecular weight excluding hydrogens is 374 g/mol. The van der Waals surface area contributed by atoms with E-state index in [1.165, 1.54) is 12.8 Å². The molecule has 4 rings (SSSR count). The van der Waals surface area contributed by atoms with Crippen LogP contribution in [0.3, 0.4) is 0 Å². The summed E-state index contributed by atoms with van der Waals surface area (Å²) in [6.45, 7) is 4.06. The Morgan fingerprint density at radius 3 is 2.57 bits per heavy atom. The first-order chi connectivity index (χ1) is 13.2. The summed E-state index contributed by atoms with van der Waals surface area (Å²) >= 11 is 0. The minimum absolute atomic E-state index is 0. The molecule has 1 aromatic carbocycles. The average molecular weight is 406 g/mol. The van der Waals surface area contributed by atoms with E-state index in [9.17, 15) is 9.59 Å². The Kier molecular flexibility index (Phi) is 7.00. The Morgan fingerprint density at radius 1 is 1.07 bits per heavy atom. The van der Waals surface area contributed by atoms with Gasteiger partial charge in [0.05, 0.1) is 5.41 Å². The van der Waals surface area contributed by atoms with Gasteiger partial charge in [0.1, 0.15) is 0 Å². The molecule has 154 valence electrons. The number of hydrogen-bond acceptors (Lipinski definition) is 3. The molecule has 6 heteroatoms. The van der Waals surface area contributed by atoms with E-state index in [0.29, 0.717) is 12.5 Å². The van der Waals surface area contributed by atoms with Gasteiger partial charge in [-0.3, -0.25) is 9.59 Å². The first kappa shape index (κ1) is 21.1. The zero-order valence-corrected chi connectivity index (χ0v) is 17.4. The van der Waals surface area contributed by atoms with Gasteiger partial charge in [0, 0.05) is 31.7 Å². The highest BCUT2D eigenvalue weighted by atomic mass is 35.5. The largest absolute Gasteiger partial charge is 0.351 e. The van der Waals surface area contributed by atoms with Gasteiger partial charge in [0.25, 0.3) is 5.91 Å². The molecule has 1 aromatic rings. The maximum Gasteiger partial charge on any atom is 0.253 e. The van der Waals surface area contributed by atoms with Crippen LogP contribution in [0.5, 0.6) is 0 Å². The highest BCUT2D eigenvalue weighted by Gasteiger charge is 2.49. The number of carbonyl (C=O) groups is 2. The summed E-state index contributed by atoms with van der Waals surface area (Å²) in [4.78, 5) is 27.5. The second-order valence-electron chi connectivity index (χ2n) is 8.46. The molecule has 3 aliphatic rings. The maximum atomic E-state index is 12.9. The van der Waals surface area contributed by atoms with E-state index in [1.807, 2.05) is 29.2 Å². The van der Waals surface area contributed by atoms with E-state index in [2.05, 4.69) is 10.6 Å². The van der Waals surface area contributed by atoms with Gasteiger partial charge in [-0.05, 0) is 62.3 Å². The summed E-state index contributed by atoms with van der Waals surface area (Å²) in [5.74, 6) is 0.813. The van der Waals surface area contributed by atoms with Crippen LogP contribution in [0.15, 0.2) is 24.3 Å². The lowest BCUT2D eigenvalue weighted by atomic mass is 9.67. The van der Waals surface area contributed by atoms with Crippen LogP contribution in [0.25, 0.3) is 0 Å². The zero-order chi connectivity index (χ0) is 18.7. The van der Waals surface area contributed by atoms with Crippen molar-refractivity contribution < 1.29 is 9.59 Å². The number of likely N-dealkylation sites (tertiary alicyclic amines) is 1. The molecule has 3 fully saturated rings. The van der Waals surface area contributed by atoms with Crippen LogP contribution >= 0.6 is 12.4 Å². The number of amides is 2. The van der Waals surface area contributed by atoms with Gasteiger partial charge >= 0.3 is 0 Å². The molecule has 28 heavy (non-hydrogen) atoms. The number of halogens is 1. The Bertz CT molecular complexity index is 688. The molecule has 0 spiro atoms. The van der Waals surface area contributed by atoms with Crippen molar-refractivity contribution in [2.24, 2.45) is 11.3 Å². The SMILES string of the molecule is Cl.O=C(c1ccc(CNC(=O)[C@@]23CCCC[C@H]2CNC3)cc1)N1CCCCC1. The van der Waals surface area contributed by atoms with Crippen LogP contribution in [-0.2, 0) is 11.3 Å². The summed E-state index contributed by atoms with van der Waals surface area (Å²) in [6.07, 6.45) is 7.99. The van der Waals surface area contributed by atoms with Crippen LogP contribution in [0.4, 0.5) is 0 Å². The van der Waals surface area contributed by atoms with E-state index < -0.39 is 0 Å². The summed E-state index contributed by atoms with van der Waals surface area (Å²) < 4.78 is 0. The molecule has 2 aliphatic heterocycles. The number of benzene rings is 1. The molecule has 5 nitrogen and oxygen atoms in total. The number of fused-ring (bicyclic) bond motifs is 1. The minimum atomic E-state index is -0.206. The molecule has 0 aromatic heterocycles. The number of rotatable bonds is 4. The fraction of sp³-hybridized carbons (Fsp3) is 0.636. The Hall–Kier alpha value is -1.59. The zero-order valence-electron chi connectivity index (χ0n) is 16.5. The normalized spacial score (nSPS) is 26.9. The summed E-state index contributed by atoms with van der Waals surface area (Å²) in [7, 11) is 0. The second-order valence-corrected chi connectivity index (χ2v) is 8.46. The van der Waals surface area contributed by atoms with Gasteiger partial charge in [0.2, 0.25) is 5.91 Å². The van der Waals surface area contributed by atoms with E-state index >= 15 is 0 Å². The number of piperidine rings is 1. The van der Waals surface area contributed by atoms with Gasteiger partial charge in [0.15, 0.2) is 0 Å². The average Bonchev–Trinajstić information content (AvgIpc) is 3.18. The van der Waals surface area contributed by atoms with Crippen molar-refractivity contribution in [3.05, 3.63) is 35.4 Å². The smallest absolute Gasteiger partial charge is 0.253 e. The summed E-state index contributed by atoms with van der Waals surface area (Å²) in [5.41, 5.74) is 1.59. The van der Waals surface area contributed by atoms with Gasteiger partial charge in [-0.2, -0.15) is 0 Å². The first-order valence-electron chi connectivity index (χ1n) is 10.6.